The number of carbonyl (C=O) groups is 1. The van der Waals surface area contributed by atoms with Gasteiger partial charge in [0.15, 0.2) is 0 Å². The largest absolute Gasteiger partial charge is 0.492 e. The molecule has 0 aliphatic rings. The SMILES string of the molecule is CCOC(=O)Nc1cc(S(=O)(=O)Nc2ccccc2F)ccc1OCC. The fourth-order valence-corrected chi connectivity index (χ4v) is 3.17. The van der Waals surface area contributed by atoms with E-state index in [-0.39, 0.29) is 28.6 Å². The Morgan fingerprint density at radius 1 is 1.08 bits per heavy atom. The summed E-state index contributed by atoms with van der Waals surface area (Å²) in [5.74, 6) is -0.419. The van der Waals surface area contributed by atoms with Gasteiger partial charge in [0.05, 0.1) is 29.5 Å². The van der Waals surface area contributed by atoms with Crippen molar-refractivity contribution in [2.75, 3.05) is 23.3 Å². The average Bonchev–Trinajstić information content (AvgIpc) is 2.58. The number of carbonyl (C=O) groups excluding carboxylic acids is 1. The van der Waals surface area contributed by atoms with E-state index in [2.05, 4.69) is 10.0 Å². The van der Waals surface area contributed by atoms with E-state index in [1.54, 1.807) is 13.8 Å². The summed E-state index contributed by atoms with van der Waals surface area (Å²) in [5, 5.41) is 2.43. The second-order valence-electron chi connectivity index (χ2n) is 5.02. The van der Waals surface area contributed by atoms with Crippen molar-refractivity contribution in [3.63, 3.8) is 0 Å². The first kappa shape index (κ1) is 19.5. The molecule has 0 aromatic heterocycles. The van der Waals surface area contributed by atoms with Crippen LogP contribution in [0, 0.1) is 5.82 Å². The Balaban J connectivity index is 2.36. The van der Waals surface area contributed by atoms with Crippen LogP contribution in [0.2, 0.25) is 0 Å². The molecule has 0 saturated carbocycles. The Hall–Kier alpha value is -2.81. The minimum atomic E-state index is -4.08. The van der Waals surface area contributed by atoms with Crippen LogP contribution in [0.1, 0.15) is 13.8 Å². The molecule has 0 heterocycles. The fraction of sp³-hybridized carbons (Fsp3) is 0.235. The Morgan fingerprint density at radius 3 is 2.46 bits per heavy atom. The third-order valence-corrected chi connectivity index (χ3v) is 4.55. The van der Waals surface area contributed by atoms with Crippen LogP contribution in [-0.4, -0.2) is 27.7 Å². The highest BCUT2D eigenvalue weighted by molar-refractivity contribution is 7.92. The molecule has 1 amide bonds. The van der Waals surface area contributed by atoms with Gasteiger partial charge in [-0.3, -0.25) is 10.0 Å². The second-order valence-corrected chi connectivity index (χ2v) is 6.70. The zero-order chi connectivity index (χ0) is 19.2. The monoisotopic (exact) mass is 382 g/mol. The highest BCUT2D eigenvalue weighted by Gasteiger charge is 2.19. The highest BCUT2D eigenvalue weighted by Crippen LogP contribution is 2.29. The van der Waals surface area contributed by atoms with Gasteiger partial charge in [0, 0.05) is 0 Å². The summed E-state index contributed by atoms with van der Waals surface area (Å²) in [4.78, 5) is 11.5. The second kappa shape index (κ2) is 8.52. The number of benzene rings is 2. The number of hydrogen-bond acceptors (Lipinski definition) is 5. The predicted molar refractivity (Wildman–Crippen MR) is 95.5 cm³/mol. The van der Waals surface area contributed by atoms with Gasteiger partial charge in [-0.1, -0.05) is 12.1 Å². The van der Waals surface area contributed by atoms with E-state index in [1.165, 1.54) is 36.4 Å². The van der Waals surface area contributed by atoms with E-state index in [0.717, 1.165) is 6.07 Å². The number of hydrogen-bond donors (Lipinski definition) is 2. The molecule has 0 spiro atoms. The first-order chi connectivity index (χ1) is 12.4. The van der Waals surface area contributed by atoms with Gasteiger partial charge in [0.1, 0.15) is 11.6 Å². The lowest BCUT2D eigenvalue weighted by Crippen LogP contribution is -2.17. The van der Waals surface area contributed by atoms with Gasteiger partial charge in [0.25, 0.3) is 10.0 Å². The van der Waals surface area contributed by atoms with Crippen LogP contribution in [0.4, 0.5) is 20.6 Å². The number of nitrogens with one attached hydrogen (secondary N) is 2. The first-order valence-electron chi connectivity index (χ1n) is 7.85. The zero-order valence-corrected chi connectivity index (χ0v) is 15.1. The fourth-order valence-electron chi connectivity index (χ4n) is 2.08. The van der Waals surface area contributed by atoms with E-state index in [0.29, 0.717) is 6.61 Å². The molecule has 2 aromatic rings. The normalized spacial score (nSPS) is 10.9. The molecule has 0 radical (unpaired) electrons. The third-order valence-electron chi connectivity index (χ3n) is 3.19. The number of halogens is 1. The summed E-state index contributed by atoms with van der Waals surface area (Å²) < 4.78 is 51.1. The molecule has 0 aliphatic heterocycles. The van der Waals surface area contributed by atoms with Crippen molar-refractivity contribution in [3.05, 3.63) is 48.3 Å². The first-order valence-corrected chi connectivity index (χ1v) is 9.33. The van der Waals surface area contributed by atoms with Crippen LogP contribution in [-0.2, 0) is 14.8 Å². The van der Waals surface area contributed by atoms with Crippen LogP contribution >= 0.6 is 0 Å². The maximum absolute atomic E-state index is 13.7. The smallest absolute Gasteiger partial charge is 0.411 e. The van der Waals surface area contributed by atoms with Crippen molar-refractivity contribution in [3.8, 4) is 5.75 Å². The Kier molecular flexibility index (Phi) is 6.40. The molecule has 2 N–H and O–H groups in total. The molecule has 0 aliphatic carbocycles. The summed E-state index contributed by atoms with van der Waals surface area (Å²) in [6.45, 7) is 3.86. The molecule has 0 saturated heterocycles. The van der Waals surface area contributed by atoms with Crippen LogP contribution < -0.4 is 14.8 Å². The maximum Gasteiger partial charge on any atom is 0.411 e. The molecule has 0 atom stereocenters. The standard InChI is InChI=1S/C17H19FN2O5S/c1-3-24-16-10-9-12(11-15(16)19-17(21)25-4-2)26(22,23)20-14-8-6-5-7-13(14)18/h5-11,20H,3-4H2,1-2H3,(H,19,21). The van der Waals surface area contributed by atoms with Gasteiger partial charge in [-0.25, -0.2) is 17.6 Å². The van der Waals surface area contributed by atoms with E-state index >= 15 is 0 Å². The third kappa shape index (κ3) is 4.85. The van der Waals surface area contributed by atoms with Gasteiger partial charge in [-0.2, -0.15) is 0 Å². The van der Waals surface area contributed by atoms with Crippen molar-refractivity contribution in [2.45, 2.75) is 18.7 Å². The summed E-state index contributed by atoms with van der Waals surface area (Å²) in [5.41, 5.74) is -0.0528. The minimum absolute atomic E-state index is 0.127. The molecule has 2 rings (SSSR count). The number of sulfonamides is 1. The summed E-state index contributed by atoms with van der Waals surface area (Å²) in [7, 11) is -4.08. The lowest BCUT2D eigenvalue weighted by molar-refractivity contribution is 0.167. The lowest BCUT2D eigenvalue weighted by Gasteiger charge is -2.14. The molecule has 0 bridgehead atoms. The average molecular weight is 382 g/mol. The maximum atomic E-state index is 13.7. The van der Waals surface area contributed by atoms with Crippen LogP contribution in [0.3, 0.4) is 0 Å². The molecule has 9 heteroatoms. The summed E-state index contributed by atoms with van der Waals surface area (Å²) >= 11 is 0. The number of amides is 1. The van der Waals surface area contributed by atoms with E-state index < -0.39 is 21.9 Å². The van der Waals surface area contributed by atoms with Crippen molar-refractivity contribution >= 4 is 27.5 Å². The van der Waals surface area contributed by atoms with Crippen molar-refractivity contribution < 1.29 is 27.1 Å². The molecule has 0 unspecified atom stereocenters. The molecular formula is C17H19FN2O5S. The molecule has 7 nitrogen and oxygen atoms in total. The zero-order valence-electron chi connectivity index (χ0n) is 14.3. The minimum Gasteiger partial charge on any atom is -0.492 e. The molecular weight excluding hydrogens is 363 g/mol. The Morgan fingerprint density at radius 2 is 1.81 bits per heavy atom. The molecule has 0 fully saturated rings. The van der Waals surface area contributed by atoms with Crippen molar-refractivity contribution in [2.24, 2.45) is 0 Å². The van der Waals surface area contributed by atoms with Crippen LogP contribution in [0.5, 0.6) is 5.75 Å². The van der Waals surface area contributed by atoms with Gasteiger partial charge in [0.2, 0.25) is 0 Å². The van der Waals surface area contributed by atoms with E-state index in [9.17, 15) is 17.6 Å². The van der Waals surface area contributed by atoms with Crippen molar-refractivity contribution in [1.82, 2.24) is 0 Å². The number of anilines is 2. The lowest BCUT2D eigenvalue weighted by atomic mass is 10.3. The van der Waals surface area contributed by atoms with Gasteiger partial charge in [-0.05, 0) is 44.2 Å². The Bertz CT molecular complexity index is 886. The van der Waals surface area contributed by atoms with Crippen LogP contribution in [0.25, 0.3) is 0 Å². The number of para-hydroxylation sites is 1. The van der Waals surface area contributed by atoms with Gasteiger partial charge < -0.3 is 9.47 Å². The summed E-state index contributed by atoms with van der Waals surface area (Å²) in [6, 6.07) is 9.32. The highest BCUT2D eigenvalue weighted by atomic mass is 32.2. The quantitative estimate of drug-likeness (QED) is 0.763. The number of rotatable bonds is 7. The van der Waals surface area contributed by atoms with E-state index in [1.807, 2.05) is 0 Å². The predicted octanol–water partition coefficient (Wildman–Crippen LogP) is 3.59. The topological polar surface area (TPSA) is 93.7 Å². The van der Waals surface area contributed by atoms with Gasteiger partial charge >= 0.3 is 6.09 Å². The molecule has 2 aromatic carbocycles. The van der Waals surface area contributed by atoms with Crippen LogP contribution in [0.15, 0.2) is 47.4 Å². The number of ether oxygens (including phenoxy) is 2. The Labute approximate surface area is 151 Å². The van der Waals surface area contributed by atoms with Gasteiger partial charge in [-0.15, -0.1) is 0 Å². The van der Waals surface area contributed by atoms with E-state index in [4.69, 9.17) is 9.47 Å². The summed E-state index contributed by atoms with van der Waals surface area (Å²) in [6.07, 6.45) is -0.745. The van der Waals surface area contributed by atoms with Crippen molar-refractivity contribution in [1.29, 1.82) is 0 Å². The molecule has 26 heavy (non-hydrogen) atoms. The molecule has 140 valence electrons.